The van der Waals surface area contributed by atoms with Crippen molar-refractivity contribution < 1.29 is 4.79 Å². The Balaban J connectivity index is 5.40. The molecule has 0 atom stereocenters. The van der Waals surface area contributed by atoms with E-state index in [1.54, 1.807) is 0 Å². The van der Waals surface area contributed by atoms with Gasteiger partial charge in [-0.05, 0) is 10.1 Å². The third-order valence-corrected chi connectivity index (χ3v) is 18.4. The van der Waals surface area contributed by atoms with Crippen LogP contribution < -0.4 is 0 Å². The molecule has 0 aromatic heterocycles. The largest absolute Gasteiger partial charge is 0.311 e. The molecule has 0 saturated heterocycles. The van der Waals surface area contributed by atoms with E-state index >= 15 is 0 Å². The van der Waals surface area contributed by atoms with Gasteiger partial charge in [-0.25, -0.2) is 0 Å². The SMILES string of the molecule is CC(C)(C)[Si](C)(C)C(=O)[Si](C)(C)C(C)(C)C. The molecule has 0 bridgehead atoms. The maximum absolute atomic E-state index is 12.9. The van der Waals surface area contributed by atoms with Crippen molar-refractivity contribution in [1.82, 2.24) is 0 Å². The molecule has 0 saturated carbocycles. The lowest BCUT2D eigenvalue weighted by atomic mass is 10.2. The van der Waals surface area contributed by atoms with Crippen LogP contribution in [-0.2, 0) is 0 Å². The zero-order valence-electron chi connectivity index (χ0n) is 12.9. The van der Waals surface area contributed by atoms with E-state index in [1.165, 1.54) is 0 Å². The topological polar surface area (TPSA) is 17.1 Å². The van der Waals surface area contributed by atoms with Gasteiger partial charge in [0.1, 0.15) is 16.1 Å². The zero-order valence-corrected chi connectivity index (χ0v) is 14.9. The molecule has 0 aromatic carbocycles. The van der Waals surface area contributed by atoms with Crippen LogP contribution in [0.4, 0.5) is 4.79 Å². The van der Waals surface area contributed by atoms with Crippen LogP contribution in [0.1, 0.15) is 41.5 Å². The maximum atomic E-state index is 12.9. The Morgan fingerprint density at radius 1 is 0.688 bits per heavy atom. The molecule has 16 heavy (non-hydrogen) atoms. The second-order valence-electron chi connectivity index (χ2n) is 8.08. The third-order valence-electron chi connectivity index (χ3n) is 4.89. The second kappa shape index (κ2) is 4.09. The number of carbonyl (C=O) groups is 1. The first-order chi connectivity index (χ1) is 6.65. The molecule has 0 radical (unpaired) electrons. The summed E-state index contributed by atoms with van der Waals surface area (Å²) in [6, 6.07) is 0. The van der Waals surface area contributed by atoms with Crippen molar-refractivity contribution in [2.75, 3.05) is 0 Å². The predicted octanol–water partition coefficient (Wildman–Crippen LogP) is 5.29. The zero-order chi connectivity index (χ0) is 13.6. The first-order valence-corrected chi connectivity index (χ1v) is 12.2. The van der Waals surface area contributed by atoms with E-state index < -0.39 is 16.1 Å². The van der Waals surface area contributed by atoms with Crippen LogP contribution >= 0.6 is 0 Å². The molecular weight excluding hydrogens is 228 g/mol. The molecule has 0 aliphatic heterocycles. The Morgan fingerprint density at radius 3 is 1.00 bits per heavy atom. The fourth-order valence-electron chi connectivity index (χ4n) is 1.46. The second-order valence-corrected chi connectivity index (χ2v) is 19.0. The summed E-state index contributed by atoms with van der Waals surface area (Å²) in [6.45, 7) is 22.3. The van der Waals surface area contributed by atoms with Gasteiger partial charge in [0.05, 0.1) is 5.03 Å². The lowest BCUT2D eigenvalue weighted by Gasteiger charge is -2.45. The fraction of sp³-hybridized carbons (Fsp3) is 0.923. The van der Waals surface area contributed by atoms with Crippen molar-refractivity contribution in [3.63, 3.8) is 0 Å². The van der Waals surface area contributed by atoms with Crippen molar-refractivity contribution in [3.8, 4) is 0 Å². The van der Waals surface area contributed by atoms with Gasteiger partial charge in [0.25, 0.3) is 0 Å². The summed E-state index contributed by atoms with van der Waals surface area (Å²) in [5.41, 5.74) is 0. The van der Waals surface area contributed by atoms with Crippen molar-refractivity contribution in [1.29, 1.82) is 0 Å². The summed E-state index contributed by atoms with van der Waals surface area (Å²) < 4.78 is 0. The Bertz CT molecular complexity index is 249. The lowest BCUT2D eigenvalue weighted by molar-refractivity contribution is 0.270. The van der Waals surface area contributed by atoms with E-state index in [2.05, 4.69) is 67.7 Å². The van der Waals surface area contributed by atoms with Crippen molar-refractivity contribution in [2.24, 2.45) is 0 Å². The first-order valence-electron chi connectivity index (χ1n) is 6.20. The van der Waals surface area contributed by atoms with Gasteiger partial charge in [0.15, 0.2) is 0 Å². The van der Waals surface area contributed by atoms with E-state index in [-0.39, 0.29) is 10.1 Å². The smallest absolute Gasteiger partial charge is 0.125 e. The molecule has 0 aliphatic carbocycles. The van der Waals surface area contributed by atoms with Gasteiger partial charge in [0.2, 0.25) is 0 Å². The highest BCUT2D eigenvalue weighted by molar-refractivity contribution is 7.33. The summed E-state index contributed by atoms with van der Waals surface area (Å²) in [4.78, 5) is 12.9. The number of rotatable bonds is 2. The molecule has 0 rings (SSSR count). The highest BCUT2D eigenvalue weighted by Crippen LogP contribution is 2.44. The average Bonchev–Trinajstić information content (AvgIpc) is 1.98. The number of hydrogen-bond acceptors (Lipinski definition) is 1. The third kappa shape index (κ3) is 2.67. The van der Waals surface area contributed by atoms with Gasteiger partial charge in [-0.15, -0.1) is 0 Å². The van der Waals surface area contributed by atoms with Crippen molar-refractivity contribution >= 4 is 21.2 Å². The minimum Gasteiger partial charge on any atom is -0.311 e. The van der Waals surface area contributed by atoms with E-state index in [4.69, 9.17) is 0 Å². The van der Waals surface area contributed by atoms with Crippen LogP contribution in [0.15, 0.2) is 0 Å². The molecule has 0 aromatic rings. The van der Waals surface area contributed by atoms with Crippen LogP contribution in [0.5, 0.6) is 0 Å². The van der Waals surface area contributed by atoms with Gasteiger partial charge >= 0.3 is 0 Å². The standard InChI is InChI=1S/C13H30OSi2/c1-12(2,3)15(7,8)11(14)16(9,10)13(4,5)6/h1-10H3. The molecule has 0 N–H and O–H groups in total. The minimum atomic E-state index is -1.83. The molecule has 96 valence electrons. The van der Waals surface area contributed by atoms with Gasteiger partial charge in [-0.3, -0.25) is 0 Å². The van der Waals surface area contributed by atoms with E-state index in [1.807, 2.05) is 0 Å². The summed E-state index contributed by atoms with van der Waals surface area (Å²) >= 11 is 0. The van der Waals surface area contributed by atoms with Crippen LogP contribution in [-0.4, -0.2) is 21.2 Å². The molecule has 3 heteroatoms. The van der Waals surface area contributed by atoms with Crippen LogP contribution in [0, 0.1) is 0 Å². The molecule has 0 spiro atoms. The molecule has 1 nitrogen and oxygen atoms in total. The normalized spacial score (nSPS) is 15.1. The fourth-order valence-corrected chi connectivity index (χ4v) is 11.3. The predicted molar refractivity (Wildman–Crippen MR) is 79.8 cm³/mol. The van der Waals surface area contributed by atoms with Crippen molar-refractivity contribution in [2.45, 2.75) is 77.8 Å². The van der Waals surface area contributed by atoms with Crippen LogP contribution in [0.25, 0.3) is 0 Å². The number of carbonyl (C=O) groups excluding carboxylic acids is 1. The molecule has 0 fully saturated rings. The van der Waals surface area contributed by atoms with E-state index in [0.29, 0.717) is 5.03 Å². The highest BCUT2D eigenvalue weighted by Gasteiger charge is 2.52. The molecule has 0 aliphatic rings. The lowest BCUT2D eigenvalue weighted by Crippen LogP contribution is -2.60. The summed E-state index contributed by atoms with van der Waals surface area (Å²) in [5.74, 6) is 0. The molecule has 0 heterocycles. The van der Waals surface area contributed by atoms with Gasteiger partial charge in [-0.2, -0.15) is 0 Å². The van der Waals surface area contributed by atoms with Crippen molar-refractivity contribution in [3.05, 3.63) is 0 Å². The highest BCUT2D eigenvalue weighted by atomic mass is 28.4. The van der Waals surface area contributed by atoms with Crippen LogP contribution in [0.3, 0.4) is 0 Å². The Morgan fingerprint density at radius 2 is 0.875 bits per heavy atom. The molecule has 0 amide bonds. The maximum Gasteiger partial charge on any atom is 0.125 e. The average molecular weight is 259 g/mol. The number of hydrogen-bond donors (Lipinski definition) is 0. The Labute approximate surface area is 104 Å². The summed E-state index contributed by atoms with van der Waals surface area (Å²) in [7, 11) is -3.66. The summed E-state index contributed by atoms with van der Waals surface area (Å²) in [5, 5.41) is 0.971. The summed E-state index contributed by atoms with van der Waals surface area (Å²) in [6.07, 6.45) is 0. The van der Waals surface area contributed by atoms with Gasteiger partial charge in [0, 0.05) is 0 Å². The molecule has 0 unspecified atom stereocenters. The van der Waals surface area contributed by atoms with Gasteiger partial charge < -0.3 is 4.79 Å². The van der Waals surface area contributed by atoms with E-state index in [0.717, 1.165) is 0 Å². The minimum absolute atomic E-state index is 0.166. The van der Waals surface area contributed by atoms with E-state index in [9.17, 15) is 4.79 Å². The van der Waals surface area contributed by atoms with Gasteiger partial charge in [-0.1, -0.05) is 67.7 Å². The molecular formula is C13H30OSi2. The first kappa shape index (κ1) is 16.1. The quantitative estimate of drug-likeness (QED) is 0.615. The van der Waals surface area contributed by atoms with Crippen LogP contribution in [0.2, 0.25) is 36.3 Å². The monoisotopic (exact) mass is 258 g/mol. The Hall–Kier alpha value is 0.104. The Kier molecular flexibility index (Phi) is 4.12.